The Balaban J connectivity index is 0.000000184. The number of ketones is 1. The molecule has 2 aliphatic heterocycles. The van der Waals surface area contributed by atoms with Crippen molar-refractivity contribution in [2.75, 3.05) is 31.1 Å². The van der Waals surface area contributed by atoms with Crippen LogP contribution in [0.1, 0.15) is 74.9 Å². The minimum atomic E-state index is -0.129. The third-order valence-electron chi connectivity index (χ3n) is 11.0. The molecule has 9 nitrogen and oxygen atoms in total. The maximum absolute atomic E-state index is 12.5. The average molecular weight is 810 g/mol. The predicted molar refractivity (Wildman–Crippen MR) is 245 cm³/mol. The molecule has 61 heavy (non-hydrogen) atoms. The summed E-state index contributed by atoms with van der Waals surface area (Å²) in [5.41, 5.74) is 12.6. The van der Waals surface area contributed by atoms with E-state index in [9.17, 15) is 19.2 Å². The summed E-state index contributed by atoms with van der Waals surface area (Å²) >= 11 is 0. The van der Waals surface area contributed by atoms with Gasteiger partial charge in [0, 0.05) is 43.1 Å². The van der Waals surface area contributed by atoms with Crippen molar-refractivity contribution in [1.29, 1.82) is 0 Å². The van der Waals surface area contributed by atoms with E-state index in [1.807, 2.05) is 121 Å². The minimum Gasteiger partial charge on any atom is -0.497 e. The quantitative estimate of drug-likeness (QED) is 0.168. The van der Waals surface area contributed by atoms with Crippen molar-refractivity contribution >= 4 is 59.2 Å². The zero-order valence-electron chi connectivity index (χ0n) is 35.1. The Kier molecular flexibility index (Phi) is 12.4. The van der Waals surface area contributed by atoms with E-state index in [4.69, 9.17) is 9.47 Å². The molecule has 0 fully saturated rings. The smallest absolute Gasteiger partial charge is 0.251 e. The lowest BCUT2D eigenvalue weighted by molar-refractivity contribution is -0.117. The van der Waals surface area contributed by atoms with Crippen molar-refractivity contribution in [2.24, 2.45) is 0 Å². The molecule has 0 aromatic heterocycles. The van der Waals surface area contributed by atoms with Gasteiger partial charge in [-0.2, -0.15) is 0 Å². The Hall–Kier alpha value is -7.52. The van der Waals surface area contributed by atoms with Gasteiger partial charge in [0.15, 0.2) is 5.78 Å². The van der Waals surface area contributed by atoms with Gasteiger partial charge in [0.25, 0.3) is 5.91 Å². The molecule has 0 atom stereocenters. The fraction of sp³-hybridized carbons (Fsp3) is 0.154. The number of carbonyl (C=O) groups excluding carboxylic acids is 4. The number of rotatable bonds is 6. The number of nitrogens with zero attached hydrogens (tertiary/aromatic N) is 2. The molecule has 0 aliphatic carbocycles. The highest BCUT2D eigenvalue weighted by Gasteiger charge is 2.22. The standard InChI is InChI=1S/C26H24N2O3.C26H23NO3/c1-17(29)28-16-21-14-19(23-6-4-5-7-24(23)26(30)27-2)10-8-18(21)9-11-20-15-22(31-3)12-13-25(20)28;1-17(28)24-6-4-5-7-25(24)20-10-8-19-9-11-21-15-23(30-3)12-13-26(21)27(18(2)29)16-22(19)14-20/h4-15H,16H2,1-3H3,(H,27,30);4-15H,16H2,1-3H3/b2*11-9-. The van der Waals surface area contributed by atoms with Crippen molar-refractivity contribution in [2.45, 2.75) is 33.9 Å². The number of hydrogen-bond acceptors (Lipinski definition) is 6. The number of fused-ring (bicyclic) bond motifs is 4. The van der Waals surface area contributed by atoms with E-state index in [0.29, 0.717) is 24.2 Å². The Bertz CT molecular complexity index is 2750. The Morgan fingerprint density at radius 2 is 0.934 bits per heavy atom. The van der Waals surface area contributed by atoms with Gasteiger partial charge >= 0.3 is 0 Å². The number of ether oxygens (including phenoxy) is 2. The van der Waals surface area contributed by atoms with E-state index in [2.05, 4.69) is 29.6 Å². The van der Waals surface area contributed by atoms with Gasteiger partial charge < -0.3 is 24.6 Å². The van der Waals surface area contributed by atoms with Crippen LogP contribution < -0.4 is 24.6 Å². The van der Waals surface area contributed by atoms with Gasteiger partial charge in [0.05, 0.1) is 38.7 Å². The van der Waals surface area contributed by atoms with Gasteiger partial charge in [-0.1, -0.05) is 91.0 Å². The van der Waals surface area contributed by atoms with Crippen LogP contribution in [0.25, 0.3) is 46.6 Å². The van der Waals surface area contributed by atoms with Gasteiger partial charge in [-0.3, -0.25) is 19.2 Å². The van der Waals surface area contributed by atoms with Crippen LogP contribution >= 0.6 is 0 Å². The van der Waals surface area contributed by atoms with Crippen LogP contribution in [0.4, 0.5) is 11.4 Å². The molecule has 3 amide bonds. The molecule has 6 aromatic carbocycles. The van der Waals surface area contributed by atoms with E-state index in [-0.39, 0.29) is 23.5 Å². The lowest BCUT2D eigenvalue weighted by atomic mass is 9.93. The summed E-state index contributed by atoms with van der Waals surface area (Å²) in [6, 6.07) is 38.8. The third-order valence-corrected chi connectivity index (χ3v) is 11.0. The minimum absolute atomic E-state index is 0.0304. The first-order valence-corrected chi connectivity index (χ1v) is 20.0. The molecule has 0 saturated heterocycles. The summed E-state index contributed by atoms with van der Waals surface area (Å²) in [7, 11) is 4.89. The van der Waals surface area contributed by atoms with Crippen molar-refractivity contribution in [3.8, 4) is 33.8 Å². The largest absolute Gasteiger partial charge is 0.497 e. The van der Waals surface area contributed by atoms with Crippen molar-refractivity contribution in [1.82, 2.24) is 5.32 Å². The second kappa shape index (κ2) is 18.2. The van der Waals surface area contributed by atoms with Crippen LogP contribution in [-0.2, 0) is 22.7 Å². The summed E-state index contributed by atoms with van der Waals surface area (Å²) in [6.45, 7) is 5.62. The number of hydrogen-bond donors (Lipinski definition) is 1. The number of nitrogens with one attached hydrogen (secondary N) is 1. The third kappa shape index (κ3) is 8.91. The number of anilines is 2. The molecule has 8 rings (SSSR count). The van der Waals surface area contributed by atoms with E-state index >= 15 is 0 Å². The molecular formula is C52H47N3O6. The van der Waals surface area contributed by atoms with Gasteiger partial charge in [-0.05, 0) is 106 Å². The molecule has 1 N–H and O–H groups in total. The molecule has 6 aromatic rings. The molecule has 0 spiro atoms. The topological polar surface area (TPSA) is 105 Å². The highest BCUT2D eigenvalue weighted by atomic mass is 16.5. The zero-order valence-corrected chi connectivity index (χ0v) is 35.1. The first-order valence-electron chi connectivity index (χ1n) is 20.0. The number of Topliss-reactive ketones (excluding diaryl/α,β-unsaturated/α-hetero) is 1. The lowest BCUT2D eigenvalue weighted by Crippen LogP contribution is -2.29. The lowest BCUT2D eigenvalue weighted by Gasteiger charge is -2.26. The number of benzene rings is 6. The van der Waals surface area contributed by atoms with Crippen LogP contribution in [0.5, 0.6) is 11.5 Å². The van der Waals surface area contributed by atoms with Gasteiger partial charge in [-0.25, -0.2) is 0 Å². The Morgan fingerprint density at radius 3 is 1.36 bits per heavy atom. The highest BCUT2D eigenvalue weighted by molar-refractivity contribution is 6.02. The normalized spacial score (nSPS) is 13.4. The zero-order chi connectivity index (χ0) is 43.2. The highest BCUT2D eigenvalue weighted by Crippen LogP contribution is 2.36. The molecular weight excluding hydrogens is 763 g/mol. The summed E-state index contributed by atoms with van der Waals surface area (Å²) in [6.07, 6.45) is 8.13. The van der Waals surface area contributed by atoms with E-state index in [1.165, 1.54) is 0 Å². The second-order valence-corrected chi connectivity index (χ2v) is 14.8. The fourth-order valence-electron chi connectivity index (χ4n) is 7.76. The molecule has 2 aliphatic rings. The van der Waals surface area contributed by atoms with Crippen LogP contribution in [0.15, 0.2) is 121 Å². The Morgan fingerprint density at radius 1 is 0.508 bits per heavy atom. The summed E-state index contributed by atoms with van der Waals surface area (Å²) < 4.78 is 10.7. The van der Waals surface area contributed by atoms with Gasteiger partial charge in [0.2, 0.25) is 11.8 Å². The van der Waals surface area contributed by atoms with Crippen LogP contribution in [0.2, 0.25) is 0 Å². The SMILES string of the molecule is CNC(=O)c1ccccc1-c1ccc2c(c1)CN(C(C)=O)c1ccc(OC)cc1/C=C\2.COc1ccc2c(c1)/C=C\c1ccc(-c3ccccc3C(C)=O)cc1CN2C(C)=O. The van der Waals surface area contributed by atoms with Gasteiger partial charge in [-0.15, -0.1) is 0 Å². The summed E-state index contributed by atoms with van der Waals surface area (Å²) in [5, 5.41) is 2.70. The maximum atomic E-state index is 12.5. The summed E-state index contributed by atoms with van der Waals surface area (Å²) in [5.74, 6) is 1.33. The summed E-state index contributed by atoms with van der Waals surface area (Å²) in [4.78, 5) is 53.0. The molecule has 0 bridgehead atoms. The molecule has 9 heteroatoms. The second-order valence-electron chi connectivity index (χ2n) is 14.8. The predicted octanol–water partition coefficient (Wildman–Crippen LogP) is 10.4. The molecule has 0 radical (unpaired) electrons. The van der Waals surface area contributed by atoms with Crippen molar-refractivity contribution in [3.63, 3.8) is 0 Å². The van der Waals surface area contributed by atoms with Crippen LogP contribution in [-0.4, -0.2) is 44.8 Å². The van der Waals surface area contributed by atoms with Crippen LogP contribution in [0.3, 0.4) is 0 Å². The first-order chi connectivity index (χ1) is 29.5. The first kappa shape index (κ1) is 41.6. The number of methoxy groups -OCH3 is 2. The van der Waals surface area contributed by atoms with Crippen LogP contribution in [0, 0.1) is 0 Å². The fourth-order valence-corrected chi connectivity index (χ4v) is 7.76. The molecule has 0 saturated carbocycles. The number of amides is 3. The number of carbonyl (C=O) groups is 4. The Labute approximate surface area is 356 Å². The van der Waals surface area contributed by atoms with E-state index in [1.54, 1.807) is 51.8 Å². The van der Waals surface area contributed by atoms with E-state index < -0.39 is 0 Å². The van der Waals surface area contributed by atoms with Gasteiger partial charge in [0.1, 0.15) is 11.5 Å². The maximum Gasteiger partial charge on any atom is 0.251 e. The van der Waals surface area contributed by atoms with Crippen molar-refractivity contribution in [3.05, 3.63) is 166 Å². The average Bonchev–Trinajstić information content (AvgIpc) is 3.27. The van der Waals surface area contributed by atoms with Crippen molar-refractivity contribution < 1.29 is 28.7 Å². The molecule has 306 valence electrons. The molecule has 0 unspecified atom stereocenters. The molecule has 2 heterocycles. The van der Waals surface area contributed by atoms with E-state index in [0.717, 1.165) is 78.5 Å². The monoisotopic (exact) mass is 809 g/mol.